The molecule has 1 atom stereocenters. The first-order valence-electron chi connectivity index (χ1n) is 7.54. The van der Waals surface area contributed by atoms with E-state index in [-0.39, 0.29) is 17.9 Å². The number of hydrogen-bond donors (Lipinski definition) is 2. The summed E-state index contributed by atoms with van der Waals surface area (Å²) in [5.41, 5.74) is 1.87. The lowest BCUT2D eigenvalue weighted by Crippen LogP contribution is -2.40. The highest BCUT2D eigenvalue weighted by Gasteiger charge is 2.15. The van der Waals surface area contributed by atoms with Gasteiger partial charge in [-0.15, -0.1) is 0 Å². The first kappa shape index (κ1) is 17.0. The minimum absolute atomic E-state index is 0.0897. The summed E-state index contributed by atoms with van der Waals surface area (Å²) in [5.74, 6) is -0.275. The Morgan fingerprint density at radius 1 is 1.09 bits per heavy atom. The van der Waals surface area contributed by atoms with Gasteiger partial charge in [-0.05, 0) is 37.4 Å². The highest BCUT2D eigenvalue weighted by molar-refractivity contribution is 5.73. The zero-order valence-electron chi connectivity index (χ0n) is 13.4. The first-order chi connectivity index (χ1) is 11.1. The quantitative estimate of drug-likeness (QED) is 0.861. The van der Waals surface area contributed by atoms with Crippen molar-refractivity contribution in [2.24, 2.45) is 0 Å². The number of nitrogens with one attached hydrogen (secondary N) is 2. The van der Waals surface area contributed by atoms with Gasteiger partial charge in [0, 0.05) is 13.1 Å². The molecule has 4 nitrogen and oxygen atoms in total. The molecule has 0 saturated carbocycles. The van der Waals surface area contributed by atoms with Gasteiger partial charge >= 0.3 is 6.03 Å². The number of carbonyl (C=O) groups excluding carboxylic acids is 1. The van der Waals surface area contributed by atoms with E-state index in [0.29, 0.717) is 13.1 Å². The molecule has 2 N–H and O–H groups in total. The zero-order chi connectivity index (χ0) is 16.7. The van der Waals surface area contributed by atoms with Crippen LogP contribution >= 0.6 is 0 Å². The van der Waals surface area contributed by atoms with Crippen molar-refractivity contribution < 1.29 is 9.18 Å². The molecular formula is C18H22FN3O. The van der Waals surface area contributed by atoms with E-state index in [0.717, 1.165) is 11.1 Å². The van der Waals surface area contributed by atoms with E-state index < -0.39 is 0 Å². The van der Waals surface area contributed by atoms with Crippen LogP contribution in [0.2, 0.25) is 0 Å². The molecule has 2 aromatic carbocycles. The topological polar surface area (TPSA) is 44.4 Å². The number of rotatable bonds is 6. The highest BCUT2D eigenvalue weighted by Crippen LogP contribution is 2.18. The van der Waals surface area contributed by atoms with Crippen LogP contribution in [0.3, 0.4) is 0 Å². The number of amides is 2. The summed E-state index contributed by atoms with van der Waals surface area (Å²) in [4.78, 5) is 13.9. The lowest BCUT2D eigenvalue weighted by Gasteiger charge is -2.25. The Balaban J connectivity index is 1.87. The molecule has 2 aromatic rings. The molecule has 0 saturated heterocycles. The number of benzene rings is 2. The summed E-state index contributed by atoms with van der Waals surface area (Å²) in [6.07, 6.45) is 0. The Kier molecular flexibility index (Phi) is 6.11. The molecule has 0 aliphatic heterocycles. The van der Waals surface area contributed by atoms with Crippen molar-refractivity contribution in [2.75, 3.05) is 20.6 Å². The molecule has 0 bridgehead atoms. The van der Waals surface area contributed by atoms with Crippen molar-refractivity contribution in [3.63, 3.8) is 0 Å². The third-order valence-electron chi connectivity index (χ3n) is 3.61. The molecule has 0 aromatic heterocycles. The fourth-order valence-corrected chi connectivity index (χ4v) is 2.34. The Morgan fingerprint density at radius 2 is 1.83 bits per heavy atom. The fourth-order valence-electron chi connectivity index (χ4n) is 2.34. The van der Waals surface area contributed by atoms with E-state index in [1.807, 2.05) is 55.4 Å². The summed E-state index contributed by atoms with van der Waals surface area (Å²) >= 11 is 0. The average Bonchev–Trinajstić information content (AvgIpc) is 2.54. The van der Waals surface area contributed by atoms with E-state index >= 15 is 0 Å². The van der Waals surface area contributed by atoms with Gasteiger partial charge in [-0.25, -0.2) is 9.18 Å². The van der Waals surface area contributed by atoms with Crippen LogP contribution in [-0.4, -0.2) is 31.6 Å². The molecule has 0 radical (unpaired) electrons. The molecule has 2 amide bonds. The number of nitrogens with zero attached hydrogens (tertiary/aromatic N) is 1. The number of urea groups is 1. The Bertz CT molecular complexity index is 631. The van der Waals surface area contributed by atoms with Crippen LogP contribution in [0.25, 0.3) is 0 Å². The molecule has 23 heavy (non-hydrogen) atoms. The normalized spacial score (nSPS) is 12.0. The summed E-state index contributed by atoms with van der Waals surface area (Å²) in [7, 11) is 3.80. The molecule has 0 aliphatic rings. The zero-order valence-corrected chi connectivity index (χ0v) is 13.4. The number of likely N-dealkylation sites (N-methyl/N-ethyl adjacent to an activating group) is 1. The second-order valence-electron chi connectivity index (χ2n) is 5.58. The molecule has 1 unspecified atom stereocenters. The molecule has 0 fully saturated rings. The Labute approximate surface area is 136 Å². The first-order valence-corrected chi connectivity index (χ1v) is 7.54. The van der Waals surface area contributed by atoms with Crippen LogP contribution in [0.1, 0.15) is 17.2 Å². The van der Waals surface area contributed by atoms with Gasteiger partial charge in [0.15, 0.2) is 0 Å². The van der Waals surface area contributed by atoms with Crippen LogP contribution in [0.5, 0.6) is 0 Å². The van der Waals surface area contributed by atoms with Crippen molar-refractivity contribution in [1.29, 1.82) is 0 Å². The van der Waals surface area contributed by atoms with Crippen LogP contribution < -0.4 is 10.6 Å². The minimum atomic E-state index is -0.275. The Morgan fingerprint density at radius 3 is 2.48 bits per heavy atom. The fraction of sp³-hybridized carbons (Fsp3) is 0.278. The van der Waals surface area contributed by atoms with Crippen LogP contribution in [0, 0.1) is 5.82 Å². The maximum atomic E-state index is 13.4. The third kappa shape index (κ3) is 5.38. The summed E-state index contributed by atoms with van der Waals surface area (Å²) in [6, 6.07) is 15.8. The maximum Gasteiger partial charge on any atom is 0.315 e. The summed E-state index contributed by atoms with van der Waals surface area (Å²) < 4.78 is 13.4. The SMILES string of the molecule is CN(C)C(CNC(=O)NCc1ccccc1)c1cccc(F)c1. The third-order valence-corrected chi connectivity index (χ3v) is 3.61. The van der Waals surface area contributed by atoms with Gasteiger partial charge in [0.05, 0.1) is 6.04 Å². The maximum absolute atomic E-state index is 13.4. The van der Waals surface area contributed by atoms with Gasteiger partial charge in [0.25, 0.3) is 0 Å². The molecule has 122 valence electrons. The second kappa shape index (κ2) is 8.29. The van der Waals surface area contributed by atoms with Crippen molar-refractivity contribution in [2.45, 2.75) is 12.6 Å². The van der Waals surface area contributed by atoms with Crippen LogP contribution in [0.15, 0.2) is 54.6 Å². The van der Waals surface area contributed by atoms with Crippen molar-refractivity contribution >= 4 is 6.03 Å². The molecular weight excluding hydrogens is 293 g/mol. The summed E-state index contributed by atoms with van der Waals surface area (Å²) in [6.45, 7) is 0.871. The molecule has 0 spiro atoms. The predicted molar refractivity (Wildman–Crippen MR) is 89.5 cm³/mol. The Hall–Kier alpha value is -2.40. The summed E-state index contributed by atoms with van der Waals surface area (Å²) in [5, 5.41) is 5.65. The molecule has 2 rings (SSSR count). The van der Waals surface area contributed by atoms with Gasteiger partial charge in [0.2, 0.25) is 0 Å². The van der Waals surface area contributed by atoms with Crippen molar-refractivity contribution in [3.05, 3.63) is 71.5 Å². The second-order valence-corrected chi connectivity index (χ2v) is 5.58. The highest BCUT2D eigenvalue weighted by atomic mass is 19.1. The van der Waals surface area contributed by atoms with Gasteiger partial charge in [-0.1, -0.05) is 42.5 Å². The van der Waals surface area contributed by atoms with Crippen molar-refractivity contribution in [3.8, 4) is 0 Å². The van der Waals surface area contributed by atoms with E-state index in [9.17, 15) is 9.18 Å². The van der Waals surface area contributed by atoms with Gasteiger partial charge < -0.3 is 15.5 Å². The largest absolute Gasteiger partial charge is 0.336 e. The monoisotopic (exact) mass is 315 g/mol. The van der Waals surface area contributed by atoms with Gasteiger partial charge in [-0.3, -0.25) is 0 Å². The smallest absolute Gasteiger partial charge is 0.315 e. The minimum Gasteiger partial charge on any atom is -0.336 e. The van der Waals surface area contributed by atoms with Crippen LogP contribution in [0.4, 0.5) is 9.18 Å². The van der Waals surface area contributed by atoms with E-state index in [2.05, 4.69) is 10.6 Å². The lowest BCUT2D eigenvalue weighted by atomic mass is 10.1. The molecule has 5 heteroatoms. The van der Waals surface area contributed by atoms with E-state index in [1.165, 1.54) is 12.1 Å². The standard InChI is InChI=1S/C18H22FN3O/c1-22(2)17(15-9-6-10-16(19)11-15)13-21-18(23)20-12-14-7-4-3-5-8-14/h3-11,17H,12-13H2,1-2H3,(H2,20,21,23). The van der Waals surface area contributed by atoms with E-state index in [1.54, 1.807) is 6.07 Å². The number of hydrogen-bond acceptors (Lipinski definition) is 2. The van der Waals surface area contributed by atoms with Gasteiger partial charge in [0.1, 0.15) is 5.82 Å². The van der Waals surface area contributed by atoms with Crippen molar-refractivity contribution in [1.82, 2.24) is 15.5 Å². The van der Waals surface area contributed by atoms with Crippen LogP contribution in [-0.2, 0) is 6.54 Å². The number of carbonyl (C=O) groups is 1. The lowest BCUT2D eigenvalue weighted by molar-refractivity contribution is 0.232. The number of halogens is 1. The van der Waals surface area contributed by atoms with Gasteiger partial charge in [-0.2, -0.15) is 0 Å². The molecule has 0 aliphatic carbocycles. The van der Waals surface area contributed by atoms with E-state index in [4.69, 9.17) is 0 Å². The predicted octanol–water partition coefficient (Wildman–Crippen LogP) is 2.93. The average molecular weight is 315 g/mol. The molecule has 0 heterocycles.